The molecule has 12 nitrogen and oxygen atoms in total. The van der Waals surface area contributed by atoms with E-state index in [1.165, 1.54) is 4.90 Å². The van der Waals surface area contributed by atoms with Crippen molar-refractivity contribution in [3.05, 3.63) is 65.7 Å². The highest BCUT2D eigenvalue weighted by Crippen LogP contribution is 2.22. The zero-order valence-corrected chi connectivity index (χ0v) is 18.8. The predicted molar refractivity (Wildman–Crippen MR) is 126 cm³/mol. The molecule has 0 radical (unpaired) electrons. The lowest BCUT2D eigenvalue weighted by Crippen LogP contribution is -2.46. The number of amidine groups is 1. The number of ether oxygens (including phenoxy) is 1. The molecule has 1 unspecified atom stereocenters. The van der Waals surface area contributed by atoms with Gasteiger partial charge in [0.15, 0.2) is 5.84 Å². The van der Waals surface area contributed by atoms with Crippen LogP contribution in [0.5, 0.6) is 0 Å². The molecule has 0 bridgehead atoms. The molecule has 2 aromatic carbocycles. The SMILES string of the molecule is NC(=O)ON=C(N)c1ccc(N2CCC(NC(=O)NCCC(=O)OCc3ccccc3)C2=O)cc1. The molecule has 4 amide bonds. The minimum atomic E-state index is -1.09. The lowest BCUT2D eigenvalue weighted by Gasteiger charge is -2.18. The monoisotopic (exact) mass is 482 g/mol. The van der Waals surface area contributed by atoms with Crippen molar-refractivity contribution in [3.63, 3.8) is 0 Å². The molecule has 1 aliphatic rings. The van der Waals surface area contributed by atoms with E-state index in [-0.39, 0.29) is 31.3 Å². The molecule has 1 fully saturated rings. The van der Waals surface area contributed by atoms with Gasteiger partial charge >= 0.3 is 18.1 Å². The predicted octanol–water partition coefficient (Wildman–Crippen LogP) is 0.940. The topological polar surface area (TPSA) is 178 Å². The summed E-state index contributed by atoms with van der Waals surface area (Å²) in [6.45, 7) is 0.650. The average molecular weight is 482 g/mol. The minimum Gasteiger partial charge on any atom is -0.461 e. The van der Waals surface area contributed by atoms with Crippen LogP contribution in [0.4, 0.5) is 15.3 Å². The molecular formula is C23H26N6O6. The van der Waals surface area contributed by atoms with Gasteiger partial charge in [-0.05, 0) is 36.2 Å². The van der Waals surface area contributed by atoms with Crippen LogP contribution in [0.25, 0.3) is 0 Å². The van der Waals surface area contributed by atoms with E-state index in [1.807, 2.05) is 30.3 Å². The Morgan fingerprint density at radius 3 is 2.46 bits per heavy atom. The van der Waals surface area contributed by atoms with Crippen LogP contribution in [0.1, 0.15) is 24.0 Å². The van der Waals surface area contributed by atoms with Crippen LogP contribution >= 0.6 is 0 Å². The summed E-state index contributed by atoms with van der Waals surface area (Å²) >= 11 is 0. The van der Waals surface area contributed by atoms with Crippen molar-refractivity contribution in [2.24, 2.45) is 16.6 Å². The van der Waals surface area contributed by atoms with Gasteiger partial charge in [-0.3, -0.25) is 14.4 Å². The number of urea groups is 1. The largest absolute Gasteiger partial charge is 0.461 e. The van der Waals surface area contributed by atoms with Gasteiger partial charge in [-0.25, -0.2) is 9.59 Å². The van der Waals surface area contributed by atoms with E-state index in [0.29, 0.717) is 24.2 Å². The number of amides is 4. The van der Waals surface area contributed by atoms with Gasteiger partial charge in [-0.1, -0.05) is 35.5 Å². The van der Waals surface area contributed by atoms with Crippen LogP contribution < -0.4 is 27.0 Å². The molecule has 0 aromatic heterocycles. The van der Waals surface area contributed by atoms with Crippen molar-refractivity contribution in [1.29, 1.82) is 0 Å². The van der Waals surface area contributed by atoms with Gasteiger partial charge in [0.25, 0.3) is 0 Å². The minimum absolute atomic E-state index is 0.00819. The van der Waals surface area contributed by atoms with Crippen molar-refractivity contribution in [1.82, 2.24) is 10.6 Å². The summed E-state index contributed by atoms with van der Waals surface area (Å²) in [5, 5.41) is 8.58. The number of nitrogens with zero attached hydrogens (tertiary/aromatic N) is 2. The van der Waals surface area contributed by atoms with Crippen LogP contribution in [0, 0.1) is 0 Å². The van der Waals surface area contributed by atoms with Gasteiger partial charge in [-0.2, -0.15) is 0 Å². The Labute approximate surface area is 201 Å². The summed E-state index contributed by atoms with van der Waals surface area (Å²) in [5.41, 5.74) is 12.5. The van der Waals surface area contributed by atoms with E-state index in [0.717, 1.165) is 5.56 Å². The smallest absolute Gasteiger partial charge is 0.430 e. The molecular weight excluding hydrogens is 456 g/mol. The fraction of sp³-hybridized carbons (Fsp3) is 0.261. The summed E-state index contributed by atoms with van der Waals surface area (Å²) in [6, 6.07) is 14.6. The zero-order valence-electron chi connectivity index (χ0n) is 18.8. The number of nitrogens with two attached hydrogens (primary N) is 2. The highest BCUT2D eigenvalue weighted by molar-refractivity contribution is 6.02. The molecule has 184 valence electrons. The Kier molecular flexibility index (Phi) is 8.59. The van der Waals surface area contributed by atoms with Gasteiger partial charge in [0, 0.05) is 24.3 Å². The molecule has 1 atom stereocenters. The van der Waals surface area contributed by atoms with E-state index in [2.05, 4.69) is 20.6 Å². The maximum atomic E-state index is 12.7. The second-order valence-electron chi connectivity index (χ2n) is 7.56. The first kappa shape index (κ1) is 25.0. The van der Waals surface area contributed by atoms with Crippen molar-refractivity contribution in [2.45, 2.75) is 25.5 Å². The number of esters is 1. The van der Waals surface area contributed by atoms with Crippen molar-refractivity contribution < 1.29 is 28.8 Å². The maximum Gasteiger partial charge on any atom is 0.430 e. The number of carbonyl (C=O) groups excluding carboxylic acids is 4. The molecule has 35 heavy (non-hydrogen) atoms. The molecule has 3 rings (SSSR count). The quantitative estimate of drug-likeness (QED) is 0.135. The first-order valence-electron chi connectivity index (χ1n) is 10.8. The Bertz CT molecular complexity index is 1090. The molecule has 0 aliphatic carbocycles. The Morgan fingerprint density at radius 2 is 1.77 bits per heavy atom. The lowest BCUT2D eigenvalue weighted by atomic mass is 10.2. The van der Waals surface area contributed by atoms with E-state index in [4.69, 9.17) is 16.2 Å². The highest BCUT2D eigenvalue weighted by atomic mass is 16.7. The van der Waals surface area contributed by atoms with Gasteiger partial charge in [0.2, 0.25) is 5.91 Å². The van der Waals surface area contributed by atoms with Crippen molar-refractivity contribution in [2.75, 3.05) is 18.0 Å². The third-order valence-electron chi connectivity index (χ3n) is 5.08. The number of anilines is 1. The van der Waals surface area contributed by atoms with Crippen LogP contribution in [-0.4, -0.2) is 49.0 Å². The number of carbonyl (C=O) groups is 4. The molecule has 6 N–H and O–H groups in total. The van der Waals surface area contributed by atoms with Crippen LogP contribution in [0.2, 0.25) is 0 Å². The molecule has 12 heteroatoms. The van der Waals surface area contributed by atoms with E-state index < -0.39 is 24.1 Å². The number of benzene rings is 2. The van der Waals surface area contributed by atoms with Gasteiger partial charge in [0.05, 0.1) is 6.42 Å². The van der Waals surface area contributed by atoms with Crippen LogP contribution in [0.3, 0.4) is 0 Å². The number of primary amides is 1. The Balaban J connectivity index is 1.41. The van der Waals surface area contributed by atoms with E-state index in [1.54, 1.807) is 24.3 Å². The summed E-state index contributed by atoms with van der Waals surface area (Å²) in [5.74, 6) is -0.760. The zero-order chi connectivity index (χ0) is 25.2. The summed E-state index contributed by atoms with van der Waals surface area (Å²) < 4.78 is 5.16. The van der Waals surface area contributed by atoms with Gasteiger partial charge in [0.1, 0.15) is 12.6 Å². The number of hydrogen-bond donors (Lipinski definition) is 4. The standard InChI is InChI=1S/C23H26N6O6/c24-20(28-35-22(25)32)16-6-8-17(9-7-16)29-13-11-18(21(29)31)27-23(33)26-12-10-19(30)34-14-15-4-2-1-3-5-15/h1-9,18H,10-14H2,(H2,24,28)(H2,25,32)(H2,26,27,33). The third kappa shape index (κ3) is 7.45. The Morgan fingerprint density at radius 1 is 1.06 bits per heavy atom. The summed E-state index contributed by atoms with van der Waals surface area (Å²) in [6.07, 6.45) is -0.657. The summed E-state index contributed by atoms with van der Waals surface area (Å²) in [7, 11) is 0. The van der Waals surface area contributed by atoms with E-state index in [9.17, 15) is 19.2 Å². The number of oxime groups is 1. The number of hydrogen-bond acceptors (Lipinski definition) is 7. The molecule has 1 heterocycles. The molecule has 1 saturated heterocycles. The van der Waals surface area contributed by atoms with Crippen molar-refractivity contribution >= 4 is 35.5 Å². The van der Waals surface area contributed by atoms with Crippen LogP contribution in [-0.2, 0) is 25.8 Å². The van der Waals surface area contributed by atoms with E-state index >= 15 is 0 Å². The molecule has 2 aromatic rings. The Hall–Kier alpha value is -4.61. The highest BCUT2D eigenvalue weighted by Gasteiger charge is 2.33. The third-order valence-corrected chi connectivity index (χ3v) is 5.08. The van der Waals surface area contributed by atoms with Gasteiger partial charge in [-0.15, -0.1) is 0 Å². The average Bonchev–Trinajstić information content (AvgIpc) is 3.21. The van der Waals surface area contributed by atoms with Crippen LogP contribution in [0.15, 0.2) is 59.8 Å². The normalized spacial score (nSPS) is 15.4. The lowest BCUT2D eigenvalue weighted by molar-refractivity contribution is -0.144. The maximum absolute atomic E-state index is 12.7. The number of rotatable bonds is 9. The fourth-order valence-corrected chi connectivity index (χ4v) is 3.33. The molecule has 0 saturated carbocycles. The first-order valence-corrected chi connectivity index (χ1v) is 10.8. The van der Waals surface area contributed by atoms with Crippen molar-refractivity contribution in [3.8, 4) is 0 Å². The summed E-state index contributed by atoms with van der Waals surface area (Å²) in [4.78, 5) is 53.2. The first-order chi connectivity index (χ1) is 16.8. The second-order valence-corrected chi connectivity index (χ2v) is 7.56. The number of nitrogens with one attached hydrogen (secondary N) is 2. The second kappa shape index (κ2) is 12.0. The molecule has 1 aliphatic heterocycles. The van der Waals surface area contributed by atoms with Gasteiger partial charge < -0.3 is 31.7 Å². The fourth-order valence-electron chi connectivity index (χ4n) is 3.33. The molecule has 0 spiro atoms.